The maximum absolute atomic E-state index is 13.2. The molecule has 0 aliphatic carbocycles. The van der Waals surface area contributed by atoms with Gasteiger partial charge in [-0.15, -0.1) is 0 Å². The second-order valence-corrected chi connectivity index (χ2v) is 5.43. The van der Waals surface area contributed by atoms with E-state index in [1.807, 2.05) is 13.0 Å². The van der Waals surface area contributed by atoms with Crippen LogP contribution in [0.5, 0.6) is 0 Å². The van der Waals surface area contributed by atoms with Crippen LogP contribution in [0, 0.1) is 12.7 Å². The van der Waals surface area contributed by atoms with Gasteiger partial charge in [0.2, 0.25) is 0 Å². The fourth-order valence-electron chi connectivity index (χ4n) is 1.76. The molecule has 0 bridgehead atoms. The molecular formula is C14H17FN4S. The number of aryl methyl sites for hydroxylation is 1. The van der Waals surface area contributed by atoms with E-state index in [0.717, 1.165) is 34.2 Å². The normalized spacial score (nSPS) is 10.6. The maximum atomic E-state index is 13.2. The van der Waals surface area contributed by atoms with Crippen molar-refractivity contribution < 1.29 is 4.39 Å². The summed E-state index contributed by atoms with van der Waals surface area (Å²) in [6, 6.07) is 6.45. The molecule has 0 atom stereocenters. The summed E-state index contributed by atoms with van der Waals surface area (Å²) in [5, 5.41) is 0.794. The lowest BCUT2D eigenvalue weighted by molar-refractivity contribution is 0.624. The van der Waals surface area contributed by atoms with Crippen LogP contribution in [0.4, 0.5) is 10.2 Å². The number of nitrogen functional groups attached to an aromatic ring is 1. The van der Waals surface area contributed by atoms with Gasteiger partial charge < -0.3 is 5.43 Å². The number of anilines is 1. The minimum atomic E-state index is -0.257. The molecule has 1 heterocycles. The molecule has 0 saturated heterocycles. The SMILES string of the molecule is CCCc1nc(NN)c(C)c(Sc2cccc(F)c2)n1. The molecule has 2 aromatic rings. The van der Waals surface area contributed by atoms with Gasteiger partial charge in [-0.3, -0.25) is 0 Å². The van der Waals surface area contributed by atoms with Crippen molar-refractivity contribution in [1.82, 2.24) is 9.97 Å². The number of rotatable bonds is 5. The fourth-order valence-corrected chi connectivity index (χ4v) is 2.70. The Morgan fingerprint density at radius 1 is 1.35 bits per heavy atom. The molecule has 106 valence electrons. The molecular weight excluding hydrogens is 275 g/mol. The lowest BCUT2D eigenvalue weighted by Gasteiger charge is -2.11. The molecule has 0 unspecified atom stereocenters. The van der Waals surface area contributed by atoms with Crippen molar-refractivity contribution in [2.45, 2.75) is 36.6 Å². The van der Waals surface area contributed by atoms with E-state index in [1.54, 1.807) is 6.07 Å². The number of hydrazine groups is 1. The summed E-state index contributed by atoms with van der Waals surface area (Å²) in [7, 11) is 0. The lowest BCUT2D eigenvalue weighted by Crippen LogP contribution is -2.13. The number of hydrogen-bond acceptors (Lipinski definition) is 5. The Balaban J connectivity index is 2.36. The molecule has 3 N–H and O–H groups in total. The minimum absolute atomic E-state index is 0.257. The second-order valence-electron chi connectivity index (χ2n) is 4.37. The van der Waals surface area contributed by atoms with Crippen LogP contribution in [-0.4, -0.2) is 9.97 Å². The predicted molar refractivity (Wildman–Crippen MR) is 79.1 cm³/mol. The highest BCUT2D eigenvalue weighted by Gasteiger charge is 2.11. The number of nitrogens with zero attached hydrogens (tertiary/aromatic N) is 2. The summed E-state index contributed by atoms with van der Waals surface area (Å²) in [5.41, 5.74) is 3.46. The van der Waals surface area contributed by atoms with Crippen LogP contribution < -0.4 is 11.3 Å². The predicted octanol–water partition coefficient (Wildman–Crippen LogP) is 3.31. The molecule has 0 aliphatic rings. The first-order chi connectivity index (χ1) is 9.63. The maximum Gasteiger partial charge on any atom is 0.147 e. The number of halogens is 1. The first kappa shape index (κ1) is 14.7. The third-order valence-corrected chi connectivity index (χ3v) is 3.85. The van der Waals surface area contributed by atoms with E-state index in [0.29, 0.717) is 5.82 Å². The molecule has 0 amide bonds. The van der Waals surface area contributed by atoms with Gasteiger partial charge in [-0.05, 0) is 31.5 Å². The Labute approximate surface area is 122 Å². The zero-order valence-electron chi connectivity index (χ0n) is 11.5. The second kappa shape index (κ2) is 6.67. The molecule has 2 rings (SSSR count). The van der Waals surface area contributed by atoms with E-state index in [9.17, 15) is 4.39 Å². The molecule has 0 fully saturated rings. The van der Waals surface area contributed by atoms with E-state index >= 15 is 0 Å². The summed E-state index contributed by atoms with van der Waals surface area (Å²) < 4.78 is 13.2. The van der Waals surface area contributed by atoms with E-state index in [-0.39, 0.29) is 5.82 Å². The Morgan fingerprint density at radius 3 is 2.80 bits per heavy atom. The Kier molecular flexibility index (Phi) is 4.92. The smallest absolute Gasteiger partial charge is 0.147 e. The molecule has 0 aliphatic heterocycles. The molecule has 4 nitrogen and oxygen atoms in total. The van der Waals surface area contributed by atoms with Gasteiger partial charge in [0.15, 0.2) is 0 Å². The molecule has 1 aromatic heterocycles. The lowest BCUT2D eigenvalue weighted by atomic mass is 10.3. The van der Waals surface area contributed by atoms with Gasteiger partial charge in [-0.2, -0.15) is 0 Å². The van der Waals surface area contributed by atoms with Crippen molar-refractivity contribution >= 4 is 17.6 Å². The third kappa shape index (κ3) is 3.46. The van der Waals surface area contributed by atoms with Gasteiger partial charge in [0, 0.05) is 16.9 Å². The van der Waals surface area contributed by atoms with E-state index in [1.165, 1.54) is 23.9 Å². The molecule has 0 saturated carbocycles. The van der Waals surface area contributed by atoms with Crippen LogP contribution in [0.1, 0.15) is 24.7 Å². The monoisotopic (exact) mass is 292 g/mol. The largest absolute Gasteiger partial charge is 0.308 e. The van der Waals surface area contributed by atoms with Gasteiger partial charge in [-0.25, -0.2) is 20.2 Å². The van der Waals surface area contributed by atoms with Gasteiger partial charge >= 0.3 is 0 Å². The van der Waals surface area contributed by atoms with Gasteiger partial charge in [0.05, 0.1) is 0 Å². The standard InChI is InChI=1S/C14H17FN4S/c1-3-5-12-17-13(19-16)9(2)14(18-12)20-11-7-4-6-10(15)8-11/h4,6-8H,3,5,16H2,1-2H3,(H,17,18,19). The summed E-state index contributed by atoms with van der Waals surface area (Å²) in [6.45, 7) is 3.96. The zero-order chi connectivity index (χ0) is 14.5. The van der Waals surface area contributed by atoms with E-state index < -0.39 is 0 Å². The molecule has 0 radical (unpaired) electrons. The first-order valence-corrected chi connectivity index (χ1v) is 7.23. The molecule has 0 spiro atoms. The minimum Gasteiger partial charge on any atom is -0.308 e. The van der Waals surface area contributed by atoms with Crippen LogP contribution in [0.3, 0.4) is 0 Å². The van der Waals surface area contributed by atoms with Gasteiger partial charge in [0.1, 0.15) is 22.5 Å². The average molecular weight is 292 g/mol. The summed E-state index contributed by atoms with van der Waals surface area (Å²) in [6.07, 6.45) is 1.74. The van der Waals surface area contributed by atoms with Crippen LogP contribution in [-0.2, 0) is 6.42 Å². The van der Waals surface area contributed by atoms with Crippen molar-refractivity contribution in [3.8, 4) is 0 Å². The van der Waals surface area contributed by atoms with Crippen molar-refractivity contribution in [2.24, 2.45) is 5.84 Å². The van der Waals surface area contributed by atoms with Crippen molar-refractivity contribution in [2.75, 3.05) is 5.43 Å². The van der Waals surface area contributed by atoms with Crippen LogP contribution in [0.25, 0.3) is 0 Å². The van der Waals surface area contributed by atoms with Crippen molar-refractivity contribution in [3.05, 3.63) is 41.5 Å². The van der Waals surface area contributed by atoms with E-state index in [4.69, 9.17) is 5.84 Å². The third-order valence-electron chi connectivity index (χ3n) is 2.77. The van der Waals surface area contributed by atoms with Crippen LogP contribution in [0.2, 0.25) is 0 Å². The summed E-state index contributed by atoms with van der Waals surface area (Å²) in [5.74, 6) is 6.59. The highest BCUT2D eigenvalue weighted by molar-refractivity contribution is 7.99. The first-order valence-electron chi connectivity index (χ1n) is 6.41. The van der Waals surface area contributed by atoms with Crippen LogP contribution >= 0.6 is 11.8 Å². The topological polar surface area (TPSA) is 63.8 Å². The van der Waals surface area contributed by atoms with Crippen molar-refractivity contribution in [1.29, 1.82) is 0 Å². The zero-order valence-corrected chi connectivity index (χ0v) is 12.3. The molecule has 6 heteroatoms. The number of nitrogens with two attached hydrogens (primary N) is 1. The highest BCUT2D eigenvalue weighted by Crippen LogP contribution is 2.31. The molecule has 1 aromatic carbocycles. The Hall–Kier alpha value is -1.66. The van der Waals surface area contributed by atoms with Gasteiger partial charge in [-0.1, -0.05) is 24.8 Å². The van der Waals surface area contributed by atoms with Crippen LogP contribution in [0.15, 0.2) is 34.2 Å². The summed E-state index contributed by atoms with van der Waals surface area (Å²) in [4.78, 5) is 9.70. The average Bonchev–Trinajstić information content (AvgIpc) is 2.42. The highest BCUT2D eigenvalue weighted by atomic mass is 32.2. The fraction of sp³-hybridized carbons (Fsp3) is 0.286. The number of aromatic nitrogens is 2. The number of benzene rings is 1. The van der Waals surface area contributed by atoms with Gasteiger partial charge in [0.25, 0.3) is 0 Å². The summed E-state index contributed by atoms with van der Waals surface area (Å²) >= 11 is 1.41. The Morgan fingerprint density at radius 2 is 2.15 bits per heavy atom. The quantitative estimate of drug-likeness (QED) is 0.503. The Bertz CT molecular complexity index is 604. The van der Waals surface area contributed by atoms with Crippen molar-refractivity contribution in [3.63, 3.8) is 0 Å². The number of hydrogen-bond donors (Lipinski definition) is 2. The molecule has 20 heavy (non-hydrogen) atoms. The number of nitrogens with one attached hydrogen (secondary N) is 1. The van der Waals surface area contributed by atoms with E-state index in [2.05, 4.69) is 22.3 Å².